The number of rotatable bonds is 5. The number of carbonyl (C=O) groups excluding carboxylic acids is 1. The van der Waals surface area contributed by atoms with Gasteiger partial charge >= 0.3 is 0 Å². The van der Waals surface area contributed by atoms with Gasteiger partial charge in [0.25, 0.3) is 0 Å². The molecule has 0 saturated carbocycles. The van der Waals surface area contributed by atoms with Crippen LogP contribution in [0.3, 0.4) is 0 Å². The average molecular weight is 418 g/mol. The Morgan fingerprint density at radius 1 is 1.32 bits per heavy atom. The van der Waals surface area contributed by atoms with Gasteiger partial charge in [-0.3, -0.25) is 9.69 Å². The van der Waals surface area contributed by atoms with Gasteiger partial charge in [-0.1, -0.05) is 31.7 Å². The second-order valence-electron chi connectivity index (χ2n) is 8.80. The summed E-state index contributed by atoms with van der Waals surface area (Å²) in [6, 6.07) is 12.9. The summed E-state index contributed by atoms with van der Waals surface area (Å²) in [4.78, 5) is 19.2. The van der Waals surface area contributed by atoms with Crippen molar-refractivity contribution in [1.82, 2.24) is 9.88 Å². The van der Waals surface area contributed by atoms with Gasteiger partial charge in [-0.05, 0) is 67.3 Å². The van der Waals surface area contributed by atoms with E-state index in [4.69, 9.17) is 0 Å². The molecule has 5 rings (SSSR count). The number of nitrogens with zero attached hydrogens (tertiary/aromatic N) is 1. The molecule has 1 amide bonds. The summed E-state index contributed by atoms with van der Waals surface area (Å²) < 4.78 is 13.6. The number of hydrogen-bond acceptors (Lipinski definition) is 2. The molecule has 1 aliphatic carbocycles. The predicted octanol–water partition coefficient (Wildman–Crippen LogP) is 5.33. The summed E-state index contributed by atoms with van der Waals surface area (Å²) in [5.74, 6) is -0.200. The van der Waals surface area contributed by atoms with Crippen LogP contribution in [0.1, 0.15) is 42.5 Å². The van der Waals surface area contributed by atoms with Crippen molar-refractivity contribution in [2.45, 2.75) is 38.1 Å². The molecular formula is C26H28FN3O. The summed E-state index contributed by atoms with van der Waals surface area (Å²) in [5, 5.41) is 4.25. The van der Waals surface area contributed by atoms with E-state index in [1.165, 1.54) is 28.6 Å². The molecular weight excluding hydrogens is 389 g/mol. The van der Waals surface area contributed by atoms with Crippen LogP contribution < -0.4 is 5.32 Å². The SMILES string of the molecule is C=Cc1[nH]c2cccc3c2c1C[C@@H]1[C@@H]3C[C@@H](C(=O)Nc2cccc(F)c2)CN1CCC. The third-order valence-corrected chi connectivity index (χ3v) is 6.91. The van der Waals surface area contributed by atoms with Crippen molar-refractivity contribution in [3.8, 4) is 0 Å². The van der Waals surface area contributed by atoms with Gasteiger partial charge < -0.3 is 10.3 Å². The minimum atomic E-state index is -0.342. The number of H-pyrrole nitrogens is 1. The van der Waals surface area contributed by atoms with Crippen LogP contribution in [-0.2, 0) is 11.2 Å². The van der Waals surface area contributed by atoms with Crippen LogP contribution in [0.15, 0.2) is 49.0 Å². The van der Waals surface area contributed by atoms with E-state index in [9.17, 15) is 9.18 Å². The fraction of sp³-hybridized carbons (Fsp3) is 0.346. The first kappa shape index (κ1) is 20.0. The monoisotopic (exact) mass is 417 g/mol. The van der Waals surface area contributed by atoms with Crippen molar-refractivity contribution in [3.05, 3.63) is 71.7 Å². The molecule has 2 aromatic carbocycles. The van der Waals surface area contributed by atoms with Crippen LogP contribution in [0.4, 0.5) is 10.1 Å². The van der Waals surface area contributed by atoms with Gasteiger partial charge in [0.1, 0.15) is 5.82 Å². The molecule has 2 N–H and O–H groups in total. The molecule has 3 atom stereocenters. The van der Waals surface area contributed by atoms with Gasteiger partial charge in [-0.2, -0.15) is 0 Å². The molecule has 31 heavy (non-hydrogen) atoms. The number of aromatic amines is 1. The summed E-state index contributed by atoms with van der Waals surface area (Å²) in [7, 11) is 0. The lowest BCUT2D eigenvalue weighted by molar-refractivity contribution is -0.122. The summed E-state index contributed by atoms with van der Waals surface area (Å²) in [6.07, 6.45) is 4.74. The first-order valence-corrected chi connectivity index (χ1v) is 11.2. The average Bonchev–Trinajstić information content (AvgIpc) is 3.13. The number of amides is 1. The first-order chi connectivity index (χ1) is 15.1. The molecule has 3 aromatic rings. The third-order valence-electron chi connectivity index (χ3n) is 6.91. The molecule has 1 aliphatic heterocycles. The zero-order valence-electron chi connectivity index (χ0n) is 17.8. The molecule has 4 nitrogen and oxygen atoms in total. The van der Waals surface area contributed by atoms with Crippen molar-refractivity contribution in [2.24, 2.45) is 5.92 Å². The largest absolute Gasteiger partial charge is 0.355 e. The molecule has 0 unspecified atom stereocenters. The summed E-state index contributed by atoms with van der Waals surface area (Å²) in [5.41, 5.74) is 5.46. The Balaban J connectivity index is 1.49. The zero-order valence-corrected chi connectivity index (χ0v) is 17.8. The number of aromatic nitrogens is 1. The number of nitrogens with one attached hydrogen (secondary N) is 2. The van der Waals surface area contributed by atoms with Crippen LogP contribution in [0, 0.1) is 11.7 Å². The van der Waals surface area contributed by atoms with Crippen molar-refractivity contribution in [3.63, 3.8) is 0 Å². The number of piperidine rings is 1. The highest BCUT2D eigenvalue weighted by Crippen LogP contribution is 2.46. The lowest BCUT2D eigenvalue weighted by atomic mass is 9.71. The normalized spacial score (nSPS) is 22.8. The Morgan fingerprint density at radius 2 is 2.16 bits per heavy atom. The van der Waals surface area contributed by atoms with Crippen molar-refractivity contribution in [2.75, 3.05) is 18.4 Å². The molecule has 0 bridgehead atoms. The van der Waals surface area contributed by atoms with E-state index >= 15 is 0 Å². The van der Waals surface area contributed by atoms with E-state index in [0.29, 0.717) is 17.6 Å². The molecule has 0 spiro atoms. The molecule has 1 saturated heterocycles. The number of anilines is 1. The van der Waals surface area contributed by atoms with Crippen LogP contribution in [0.25, 0.3) is 17.0 Å². The van der Waals surface area contributed by atoms with Crippen molar-refractivity contribution in [1.29, 1.82) is 0 Å². The van der Waals surface area contributed by atoms with Gasteiger partial charge in [-0.25, -0.2) is 4.39 Å². The maximum Gasteiger partial charge on any atom is 0.228 e. The highest BCUT2D eigenvalue weighted by Gasteiger charge is 2.43. The number of likely N-dealkylation sites (tertiary alicyclic amines) is 1. The van der Waals surface area contributed by atoms with E-state index in [1.807, 2.05) is 6.08 Å². The molecule has 0 radical (unpaired) electrons. The smallest absolute Gasteiger partial charge is 0.228 e. The fourth-order valence-corrected chi connectivity index (χ4v) is 5.63. The van der Waals surface area contributed by atoms with E-state index in [0.717, 1.165) is 43.6 Å². The minimum absolute atomic E-state index is 0.0241. The fourth-order valence-electron chi connectivity index (χ4n) is 5.63. The van der Waals surface area contributed by atoms with Gasteiger partial charge in [-0.15, -0.1) is 0 Å². The molecule has 2 heterocycles. The summed E-state index contributed by atoms with van der Waals surface area (Å²) >= 11 is 0. The predicted molar refractivity (Wildman–Crippen MR) is 124 cm³/mol. The maximum atomic E-state index is 13.6. The summed E-state index contributed by atoms with van der Waals surface area (Å²) in [6.45, 7) is 7.88. The Kier molecular flexibility index (Phi) is 5.14. The van der Waals surface area contributed by atoms with E-state index < -0.39 is 0 Å². The third kappa shape index (κ3) is 3.47. The molecule has 1 aromatic heterocycles. The Morgan fingerprint density at radius 3 is 2.94 bits per heavy atom. The van der Waals surface area contributed by atoms with E-state index in [-0.39, 0.29) is 17.6 Å². The van der Waals surface area contributed by atoms with Crippen LogP contribution in [-0.4, -0.2) is 34.9 Å². The maximum absolute atomic E-state index is 13.6. The van der Waals surface area contributed by atoms with Gasteiger partial charge in [0.2, 0.25) is 5.91 Å². The van der Waals surface area contributed by atoms with Gasteiger partial charge in [0, 0.05) is 40.8 Å². The Labute approximate surface area is 182 Å². The number of benzene rings is 2. The van der Waals surface area contributed by atoms with Crippen molar-refractivity contribution >= 4 is 28.6 Å². The van der Waals surface area contributed by atoms with Gasteiger partial charge in [0.05, 0.1) is 5.92 Å². The van der Waals surface area contributed by atoms with E-state index in [1.54, 1.807) is 12.1 Å². The highest BCUT2D eigenvalue weighted by molar-refractivity contribution is 5.94. The zero-order chi connectivity index (χ0) is 21.5. The molecule has 1 fully saturated rings. The second-order valence-corrected chi connectivity index (χ2v) is 8.80. The number of hydrogen-bond donors (Lipinski definition) is 2. The Hall–Kier alpha value is -2.92. The number of fused-ring (bicyclic) bond motifs is 2. The van der Waals surface area contributed by atoms with E-state index in [2.05, 4.69) is 46.9 Å². The highest BCUT2D eigenvalue weighted by atomic mass is 19.1. The lowest BCUT2D eigenvalue weighted by Crippen LogP contribution is -2.52. The van der Waals surface area contributed by atoms with Crippen LogP contribution >= 0.6 is 0 Å². The quantitative estimate of drug-likeness (QED) is 0.590. The first-order valence-electron chi connectivity index (χ1n) is 11.2. The van der Waals surface area contributed by atoms with Crippen LogP contribution in [0.2, 0.25) is 0 Å². The van der Waals surface area contributed by atoms with Gasteiger partial charge in [0.15, 0.2) is 0 Å². The second kappa shape index (κ2) is 7.97. The lowest BCUT2D eigenvalue weighted by Gasteiger charge is -2.46. The van der Waals surface area contributed by atoms with Crippen LogP contribution in [0.5, 0.6) is 0 Å². The van der Waals surface area contributed by atoms with Crippen molar-refractivity contribution < 1.29 is 9.18 Å². The standard InChI is InChI=1S/C26H28FN3O/c1-3-11-30-15-16(26(31)28-18-8-5-7-17(27)13-18)12-20-19-9-6-10-23-25(19)21(14-24(20)30)22(4-2)29-23/h4-10,13,16,20,24,29H,2-3,11-12,14-15H2,1H3,(H,28,31)/t16-,20-,24-/m1/s1. The minimum Gasteiger partial charge on any atom is -0.355 e. The number of carbonyl (C=O) groups is 1. The molecule has 160 valence electrons. The molecule has 5 heteroatoms. The molecule has 2 aliphatic rings. The topological polar surface area (TPSA) is 48.1 Å². The Bertz CT molecular complexity index is 1150. The number of halogens is 1.